The van der Waals surface area contributed by atoms with E-state index >= 15 is 0 Å². The first-order valence-corrected chi connectivity index (χ1v) is 9.96. The Labute approximate surface area is 125 Å². The minimum Gasteiger partial charge on any atom is -0.403 e. The highest BCUT2D eigenvalue weighted by atomic mass is 28.4. The van der Waals surface area contributed by atoms with Gasteiger partial charge in [0, 0.05) is 5.41 Å². The van der Waals surface area contributed by atoms with Gasteiger partial charge in [-0.15, -0.1) is 6.42 Å². The number of carbonyl (C=O) groups is 1. The van der Waals surface area contributed by atoms with Crippen molar-refractivity contribution in [3.8, 4) is 24.2 Å². The van der Waals surface area contributed by atoms with Crippen molar-refractivity contribution >= 4 is 14.6 Å². The molecule has 0 aliphatic rings. The van der Waals surface area contributed by atoms with Crippen LogP contribution in [0.4, 0.5) is 0 Å². The first kappa shape index (κ1) is 19.0. The normalized spacial score (nSPS) is 13.9. The zero-order chi connectivity index (χ0) is 16.0. The van der Waals surface area contributed by atoms with E-state index < -0.39 is 8.32 Å². The van der Waals surface area contributed by atoms with E-state index in [1.54, 1.807) is 0 Å². The second-order valence-corrected chi connectivity index (χ2v) is 12.1. The van der Waals surface area contributed by atoms with Crippen molar-refractivity contribution in [3.05, 3.63) is 0 Å². The standard InChI is InChI=1S/C17H28O2Si/c1-9-15(19-20(7,8)16(2,3)4)11-13-17(5,6)12-10-14-18/h1,14-15H,11,13H2,2-8H3. The highest BCUT2D eigenvalue weighted by Crippen LogP contribution is 2.38. The molecule has 0 N–H and O–H groups in total. The Morgan fingerprint density at radius 2 is 1.80 bits per heavy atom. The fourth-order valence-corrected chi connectivity index (χ4v) is 2.74. The van der Waals surface area contributed by atoms with Crippen LogP contribution >= 0.6 is 0 Å². The van der Waals surface area contributed by atoms with Gasteiger partial charge in [0.15, 0.2) is 14.6 Å². The van der Waals surface area contributed by atoms with Crippen LogP contribution in [-0.4, -0.2) is 20.7 Å². The molecule has 0 heterocycles. The summed E-state index contributed by atoms with van der Waals surface area (Å²) in [5, 5.41) is 0.148. The molecule has 0 aliphatic carbocycles. The minimum atomic E-state index is -1.85. The van der Waals surface area contributed by atoms with Crippen molar-refractivity contribution in [2.45, 2.75) is 71.7 Å². The monoisotopic (exact) mass is 292 g/mol. The molecule has 0 radical (unpaired) electrons. The van der Waals surface area contributed by atoms with Gasteiger partial charge in [0.05, 0.1) is 0 Å². The van der Waals surface area contributed by atoms with Gasteiger partial charge in [-0.2, -0.15) is 0 Å². The molecule has 0 fully saturated rings. The Balaban J connectivity index is 4.68. The van der Waals surface area contributed by atoms with Gasteiger partial charge in [-0.25, -0.2) is 0 Å². The largest absolute Gasteiger partial charge is 0.403 e. The zero-order valence-corrected chi connectivity index (χ0v) is 15.0. The van der Waals surface area contributed by atoms with Gasteiger partial charge in [-0.05, 0) is 50.7 Å². The summed E-state index contributed by atoms with van der Waals surface area (Å²) in [6.45, 7) is 15.0. The lowest BCUT2D eigenvalue weighted by atomic mass is 9.87. The van der Waals surface area contributed by atoms with E-state index in [2.05, 4.69) is 51.6 Å². The minimum absolute atomic E-state index is 0.148. The second kappa shape index (κ2) is 7.11. The van der Waals surface area contributed by atoms with Crippen molar-refractivity contribution in [1.29, 1.82) is 0 Å². The van der Waals surface area contributed by atoms with Crippen molar-refractivity contribution in [1.82, 2.24) is 0 Å². The molecule has 20 heavy (non-hydrogen) atoms. The van der Waals surface area contributed by atoms with Crippen LogP contribution in [0.1, 0.15) is 47.5 Å². The Morgan fingerprint density at radius 1 is 1.25 bits per heavy atom. The smallest absolute Gasteiger partial charge is 0.193 e. The van der Waals surface area contributed by atoms with Gasteiger partial charge in [-0.1, -0.05) is 32.6 Å². The average molecular weight is 292 g/mol. The predicted molar refractivity (Wildman–Crippen MR) is 87.8 cm³/mol. The molecule has 0 aromatic carbocycles. The van der Waals surface area contributed by atoms with Crippen molar-refractivity contribution in [2.24, 2.45) is 5.41 Å². The van der Waals surface area contributed by atoms with E-state index in [1.165, 1.54) is 0 Å². The maximum absolute atomic E-state index is 10.3. The highest BCUT2D eigenvalue weighted by Gasteiger charge is 2.39. The van der Waals surface area contributed by atoms with E-state index in [4.69, 9.17) is 10.8 Å². The topological polar surface area (TPSA) is 26.3 Å². The third-order valence-electron chi connectivity index (χ3n) is 3.93. The molecule has 0 saturated carbocycles. The summed E-state index contributed by atoms with van der Waals surface area (Å²) < 4.78 is 6.24. The molecule has 0 saturated heterocycles. The fourth-order valence-electron chi connectivity index (χ4n) is 1.49. The van der Waals surface area contributed by atoms with Crippen LogP contribution in [0.2, 0.25) is 18.1 Å². The van der Waals surface area contributed by atoms with Crippen molar-refractivity contribution in [2.75, 3.05) is 0 Å². The van der Waals surface area contributed by atoms with Gasteiger partial charge in [0.1, 0.15) is 6.10 Å². The molecule has 0 rings (SSSR count). The van der Waals surface area contributed by atoms with E-state index in [9.17, 15) is 4.79 Å². The SMILES string of the molecule is C#CC(CCC(C)(C)C#CC=O)O[Si](C)(C)C(C)(C)C. The molecule has 1 atom stereocenters. The molecule has 1 unspecified atom stereocenters. The third-order valence-corrected chi connectivity index (χ3v) is 8.42. The molecule has 0 aromatic heterocycles. The molecule has 0 aromatic rings. The number of terminal acetylenes is 1. The molecule has 0 spiro atoms. The van der Waals surface area contributed by atoms with Crippen LogP contribution in [0.15, 0.2) is 0 Å². The van der Waals surface area contributed by atoms with E-state index in [0.29, 0.717) is 6.29 Å². The Morgan fingerprint density at radius 3 is 2.20 bits per heavy atom. The summed E-state index contributed by atoms with van der Waals surface area (Å²) in [6, 6.07) is 0. The molecule has 0 aliphatic heterocycles. The van der Waals surface area contributed by atoms with Crippen LogP contribution in [0.3, 0.4) is 0 Å². The van der Waals surface area contributed by atoms with E-state index in [0.717, 1.165) is 12.8 Å². The Bertz CT molecular complexity index is 425. The summed E-state index contributed by atoms with van der Waals surface area (Å²) in [5.41, 5.74) is -0.215. The number of hydrogen-bond donors (Lipinski definition) is 0. The summed E-state index contributed by atoms with van der Waals surface area (Å²) in [4.78, 5) is 10.3. The van der Waals surface area contributed by atoms with Crippen LogP contribution in [0, 0.1) is 29.6 Å². The number of hydrogen-bond acceptors (Lipinski definition) is 2. The van der Waals surface area contributed by atoms with E-state index in [1.807, 2.05) is 13.8 Å². The Hall–Kier alpha value is -1.03. The fraction of sp³-hybridized carbons (Fsp3) is 0.706. The van der Waals surface area contributed by atoms with Crippen LogP contribution in [0.25, 0.3) is 0 Å². The lowest BCUT2D eigenvalue weighted by Gasteiger charge is -2.38. The van der Waals surface area contributed by atoms with Crippen LogP contribution in [0.5, 0.6) is 0 Å². The van der Waals surface area contributed by atoms with Crippen molar-refractivity contribution in [3.63, 3.8) is 0 Å². The van der Waals surface area contributed by atoms with Gasteiger partial charge in [0.25, 0.3) is 0 Å². The molecule has 2 nitrogen and oxygen atoms in total. The first-order chi connectivity index (χ1) is 8.95. The van der Waals surface area contributed by atoms with Crippen molar-refractivity contribution < 1.29 is 9.22 Å². The van der Waals surface area contributed by atoms with Crippen LogP contribution in [-0.2, 0) is 9.22 Å². The number of rotatable bonds is 5. The quantitative estimate of drug-likeness (QED) is 0.434. The number of carbonyl (C=O) groups excluding carboxylic acids is 1. The maximum Gasteiger partial charge on any atom is 0.193 e. The first-order valence-electron chi connectivity index (χ1n) is 7.05. The molecule has 112 valence electrons. The molecular weight excluding hydrogens is 264 g/mol. The van der Waals surface area contributed by atoms with E-state index in [-0.39, 0.29) is 16.6 Å². The zero-order valence-electron chi connectivity index (χ0n) is 14.0. The lowest BCUT2D eigenvalue weighted by Crippen LogP contribution is -2.43. The summed E-state index contributed by atoms with van der Waals surface area (Å²) in [6.07, 6.45) is 7.65. The summed E-state index contributed by atoms with van der Waals surface area (Å²) >= 11 is 0. The second-order valence-electron chi connectivity index (χ2n) is 7.34. The average Bonchev–Trinajstić information content (AvgIpc) is 2.30. The maximum atomic E-state index is 10.3. The van der Waals surface area contributed by atoms with Gasteiger partial charge in [0.2, 0.25) is 0 Å². The summed E-state index contributed by atoms with van der Waals surface area (Å²) in [7, 11) is -1.85. The van der Waals surface area contributed by atoms with Gasteiger partial charge >= 0.3 is 0 Å². The molecule has 0 bridgehead atoms. The van der Waals surface area contributed by atoms with Crippen LogP contribution < -0.4 is 0 Å². The van der Waals surface area contributed by atoms with Gasteiger partial charge in [-0.3, -0.25) is 4.79 Å². The number of aldehydes is 1. The predicted octanol–water partition coefficient (Wildman–Crippen LogP) is 4.02. The highest BCUT2D eigenvalue weighted by molar-refractivity contribution is 6.74. The molecule has 3 heteroatoms. The molecule has 0 amide bonds. The molecular formula is C17H28O2Si. The Kier molecular flexibility index (Phi) is 6.74. The third kappa shape index (κ3) is 6.42. The van der Waals surface area contributed by atoms with Gasteiger partial charge < -0.3 is 4.43 Å². The summed E-state index contributed by atoms with van der Waals surface area (Å²) in [5.74, 6) is 8.19. The lowest BCUT2D eigenvalue weighted by molar-refractivity contribution is -0.103.